The number of esters is 1. The zero-order valence-corrected chi connectivity index (χ0v) is 15.4. The van der Waals surface area contributed by atoms with Crippen LogP contribution >= 0.6 is 11.6 Å². The smallest absolute Gasteiger partial charge is 0.340 e. The van der Waals surface area contributed by atoms with Gasteiger partial charge in [-0.15, -0.1) is 0 Å². The lowest BCUT2D eigenvalue weighted by Crippen LogP contribution is -2.16. The van der Waals surface area contributed by atoms with Gasteiger partial charge in [0.15, 0.2) is 11.5 Å². The number of carbonyl (C=O) groups excluding carboxylic acids is 1. The number of hydrogen-bond acceptors (Lipinski definition) is 6. The minimum Gasteiger partial charge on any atom is -0.486 e. The van der Waals surface area contributed by atoms with Gasteiger partial charge in [0.1, 0.15) is 19.8 Å². The van der Waals surface area contributed by atoms with Crippen LogP contribution in [0.15, 0.2) is 36.4 Å². The van der Waals surface area contributed by atoms with Gasteiger partial charge < -0.3 is 14.2 Å². The molecule has 0 unspecified atom stereocenters. The largest absolute Gasteiger partial charge is 0.486 e. The summed E-state index contributed by atoms with van der Waals surface area (Å²) in [4.78, 5) is 12.4. The van der Waals surface area contributed by atoms with E-state index in [1.54, 1.807) is 24.3 Å². The predicted octanol–water partition coefficient (Wildman–Crippen LogP) is 2.84. The molecule has 1 aliphatic rings. The van der Waals surface area contributed by atoms with Crippen molar-refractivity contribution < 1.29 is 27.4 Å². The molecule has 0 bridgehead atoms. The maximum Gasteiger partial charge on any atom is 0.340 e. The first-order valence-electron chi connectivity index (χ1n) is 7.65. The van der Waals surface area contributed by atoms with Gasteiger partial charge in [-0.2, -0.15) is 0 Å². The molecule has 0 aliphatic carbocycles. The van der Waals surface area contributed by atoms with Crippen LogP contribution in [0.3, 0.4) is 0 Å². The number of sulfonamides is 1. The number of fused-ring (bicyclic) bond motifs is 1. The number of ether oxygens (including phenoxy) is 3. The summed E-state index contributed by atoms with van der Waals surface area (Å²) in [5.41, 5.74) is 0.892. The molecule has 3 rings (SSSR count). The zero-order valence-electron chi connectivity index (χ0n) is 13.8. The summed E-state index contributed by atoms with van der Waals surface area (Å²) >= 11 is 6.16. The Bertz CT molecular complexity index is 944. The van der Waals surface area contributed by atoms with Gasteiger partial charge in [0.05, 0.1) is 22.5 Å². The van der Waals surface area contributed by atoms with E-state index in [-0.39, 0.29) is 17.9 Å². The van der Waals surface area contributed by atoms with E-state index in [0.717, 1.165) is 6.26 Å². The summed E-state index contributed by atoms with van der Waals surface area (Å²) in [7, 11) is -3.52. The maximum absolute atomic E-state index is 12.4. The van der Waals surface area contributed by atoms with E-state index in [2.05, 4.69) is 4.72 Å². The van der Waals surface area contributed by atoms with Gasteiger partial charge in [-0.25, -0.2) is 13.2 Å². The summed E-state index contributed by atoms with van der Waals surface area (Å²) in [6.45, 7) is 0.782. The molecule has 26 heavy (non-hydrogen) atoms. The number of rotatable bonds is 5. The fraction of sp³-hybridized carbons (Fsp3) is 0.235. The molecule has 2 aromatic carbocycles. The minimum absolute atomic E-state index is 0.0532. The van der Waals surface area contributed by atoms with Crippen molar-refractivity contribution in [3.8, 4) is 11.5 Å². The van der Waals surface area contributed by atoms with Gasteiger partial charge in [0.25, 0.3) is 0 Å². The van der Waals surface area contributed by atoms with Crippen molar-refractivity contribution in [2.75, 3.05) is 24.2 Å². The Morgan fingerprint density at radius 1 is 1.23 bits per heavy atom. The molecular formula is C17H16ClNO6S. The Balaban J connectivity index is 1.75. The van der Waals surface area contributed by atoms with Crippen LogP contribution in [0.2, 0.25) is 5.02 Å². The number of carbonyl (C=O) groups is 1. The molecule has 2 aromatic rings. The molecule has 1 heterocycles. The minimum atomic E-state index is -3.52. The summed E-state index contributed by atoms with van der Waals surface area (Å²) in [6, 6.07) is 9.51. The summed E-state index contributed by atoms with van der Waals surface area (Å²) in [5.74, 6) is 0.299. The first-order valence-corrected chi connectivity index (χ1v) is 9.92. The highest BCUT2D eigenvalue weighted by Gasteiger charge is 2.19. The third kappa shape index (κ3) is 4.39. The third-order valence-corrected chi connectivity index (χ3v) is 4.34. The van der Waals surface area contributed by atoms with Crippen molar-refractivity contribution in [2.24, 2.45) is 0 Å². The molecule has 138 valence electrons. The Labute approximate surface area is 155 Å². The van der Waals surface area contributed by atoms with Crippen LogP contribution in [0.25, 0.3) is 0 Å². The molecule has 0 aromatic heterocycles. The predicted molar refractivity (Wildman–Crippen MR) is 96.5 cm³/mol. The molecule has 0 saturated heterocycles. The molecule has 0 atom stereocenters. The molecule has 0 fully saturated rings. The maximum atomic E-state index is 12.4. The Hall–Kier alpha value is -2.45. The summed E-state index contributed by atoms with van der Waals surface area (Å²) in [6.07, 6.45) is 1.01. The molecule has 7 nitrogen and oxygen atoms in total. The lowest BCUT2D eigenvalue weighted by molar-refractivity contribution is 0.0473. The van der Waals surface area contributed by atoms with Crippen molar-refractivity contribution in [1.82, 2.24) is 0 Å². The monoisotopic (exact) mass is 397 g/mol. The summed E-state index contributed by atoms with van der Waals surface area (Å²) in [5, 5.41) is 0.368. The first kappa shape index (κ1) is 18.3. The van der Waals surface area contributed by atoms with E-state index < -0.39 is 16.0 Å². The van der Waals surface area contributed by atoms with Crippen LogP contribution in [-0.2, 0) is 21.4 Å². The lowest BCUT2D eigenvalue weighted by atomic mass is 10.2. The highest BCUT2D eigenvalue weighted by Crippen LogP contribution is 2.38. The molecule has 0 amide bonds. The number of nitrogens with one attached hydrogen (secondary N) is 1. The lowest BCUT2D eigenvalue weighted by Gasteiger charge is -2.20. The van der Waals surface area contributed by atoms with Crippen LogP contribution in [0, 0.1) is 0 Å². The first-order chi connectivity index (χ1) is 12.3. The van der Waals surface area contributed by atoms with Crippen molar-refractivity contribution in [3.05, 3.63) is 52.5 Å². The van der Waals surface area contributed by atoms with Gasteiger partial charge in [-0.3, -0.25) is 4.72 Å². The van der Waals surface area contributed by atoms with Crippen molar-refractivity contribution >= 4 is 33.3 Å². The Morgan fingerprint density at radius 2 is 1.96 bits per heavy atom. The fourth-order valence-electron chi connectivity index (χ4n) is 2.42. The van der Waals surface area contributed by atoms with E-state index in [9.17, 15) is 13.2 Å². The Morgan fingerprint density at radius 3 is 2.73 bits per heavy atom. The van der Waals surface area contributed by atoms with Crippen molar-refractivity contribution in [1.29, 1.82) is 0 Å². The zero-order chi connectivity index (χ0) is 18.7. The van der Waals surface area contributed by atoms with Gasteiger partial charge in [-0.1, -0.05) is 23.7 Å². The second-order valence-electron chi connectivity index (χ2n) is 5.60. The quantitative estimate of drug-likeness (QED) is 0.780. The molecule has 0 radical (unpaired) electrons. The molecule has 0 spiro atoms. The molecule has 1 N–H and O–H groups in total. The number of hydrogen-bond donors (Lipinski definition) is 1. The number of anilines is 1. The topological polar surface area (TPSA) is 90.9 Å². The molecule has 1 aliphatic heterocycles. The number of halogens is 1. The average Bonchev–Trinajstić information content (AvgIpc) is 2.59. The number of benzene rings is 2. The van der Waals surface area contributed by atoms with Crippen molar-refractivity contribution in [3.63, 3.8) is 0 Å². The summed E-state index contributed by atoms with van der Waals surface area (Å²) < 4.78 is 41.3. The van der Waals surface area contributed by atoms with E-state index in [1.807, 2.05) is 0 Å². The van der Waals surface area contributed by atoms with Crippen LogP contribution < -0.4 is 14.2 Å². The highest BCUT2D eigenvalue weighted by atomic mass is 35.5. The van der Waals surface area contributed by atoms with Crippen molar-refractivity contribution in [2.45, 2.75) is 6.61 Å². The van der Waals surface area contributed by atoms with Gasteiger partial charge in [0.2, 0.25) is 10.0 Å². The van der Waals surface area contributed by atoms with Gasteiger partial charge in [-0.05, 0) is 29.8 Å². The SMILES string of the molecule is CS(=O)(=O)Nc1ccccc1C(=O)OCc1cc(Cl)c2c(c1)OCCO2. The molecule has 0 saturated carbocycles. The second kappa shape index (κ2) is 7.43. The fourth-order valence-corrected chi connectivity index (χ4v) is 3.29. The normalized spacial score (nSPS) is 13.2. The van der Waals surface area contributed by atoms with Gasteiger partial charge in [0, 0.05) is 0 Å². The van der Waals surface area contributed by atoms with Crippen LogP contribution in [0.1, 0.15) is 15.9 Å². The van der Waals surface area contributed by atoms with Crippen LogP contribution in [0.5, 0.6) is 11.5 Å². The molecular weight excluding hydrogens is 382 g/mol. The van der Waals surface area contributed by atoms with Crippen LogP contribution in [-0.4, -0.2) is 33.9 Å². The number of para-hydroxylation sites is 1. The van der Waals surface area contributed by atoms with Gasteiger partial charge >= 0.3 is 5.97 Å². The standard InChI is InChI=1S/C17H16ClNO6S/c1-26(21,22)19-14-5-3-2-4-12(14)17(20)25-10-11-8-13(18)16-15(9-11)23-6-7-24-16/h2-5,8-9,19H,6-7,10H2,1H3. The second-order valence-corrected chi connectivity index (χ2v) is 7.75. The molecule has 9 heteroatoms. The van der Waals surface area contributed by atoms with E-state index in [4.69, 9.17) is 25.8 Å². The third-order valence-electron chi connectivity index (χ3n) is 3.47. The Kier molecular flexibility index (Phi) is 5.24. The van der Waals surface area contributed by atoms with E-state index >= 15 is 0 Å². The van der Waals surface area contributed by atoms with Crippen LogP contribution in [0.4, 0.5) is 5.69 Å². The van der Waals surface area contributed by atoms with E-state index in [0.29, 0.717) is 35.3 Å². The average molecular weight is 398 g/mol. The van der Waals surface area contributed by atoms with E-state index in [1.165, 1.54) is 12.1 Å². The highest BCUT2D eigenvalue weighted by molar-refractivity contribution is 7.92.